The van der Waals surface area contributed by atoms with E-state index < -0.39 is 21.5 Å². The van der Waals surface area contributed by atoms with Crippen molar-refractivity contribution in [1.82, 2.24) is 0 Å². The first kappa shape index (κ1) is 22.3. The summed E-state index contributed by atoms with van der Waals surface area (Å²) >= 11 is 0. The first-order chi connectivity index (χ1) is 10.0. The molecule has 4 nitrogen and oxygen atoms in total. The molecule has 0 aromatic heterocycles. The molecule has 0 aliphatic rings. The van der Waals surface area contributed by atoms with Gasteiger partial charge >= 0.3 is 7.60 Å². The highest BCUT2D eigenvalue weighted by Crippen LogP contribution is 2.61. The molecule has 0 radical (unpaired) electrons. The Bertz CT molecular complexity index is 339. The zero-order valence-corrected chi connectivity index (χ0v) is 17.8. The number of hydrogen-bond acceptors (Lipinski definition) is 4. The molecule has 0 aliphatic heterocycles. The van der Waals surface area contributed by atoms with E-state index in [4.69, 9.17) is 9.05 Å². The largest absolute Gasteiger partial charge is 0.380 e. The van der Waals surface area contributed by atoms with Gasteiger partial charge < -0.3 is 14.2 Å². The normalized spacial score (nSPS) is 16.6. The summed E-state index contributed by atoms with van der Waals surface area (Å²) in [6, 6.07) is 0. The van der Waals surface area contributed by atoms with Crippen LogP contribution in [0.2, 0.25) is 22.2 Å². The van der Waals surface area contributed by atoms with Gasteiger partial charge in [-0.3, -0.25) is 4.57 Å². The van der Waals surface area contributed by atoms with Crippen LogP contribution in [0.1, 0.15) is 62.3 Å². The minimum Gasteiger partial charge on any atom is -0.380 e. The van der Waals surface area contributed by atoms with E-state index in [1.54, 1.807) is 13.8 Å². The molecule has 2 atom stereocenters. The minimum absolute atomic E-state index is 0.0589. The maximum atomic E-state index is 13.0. The fourth-order valence-corrected chi connectivity index (χ4v) is 15.3. The average Bonchev–Trinajstić information content (AvgIpc) is 2.37. The van der Waals surface area contributed by atoms with Crippen LogP contribution >= 0.6 is 7.60 Å². The summed E-state index contributed by atoms with van der Waals surface area (Å²) in [5, 5.41) is 10.9. The summed E-state index contributed by atoms with van der Waals surface area (Å²) in [6.07, 6.45) is 0. The number of rotatable bonds is 10. The van der Waals surface area contributed by atoms with Crippen LogP contribution in [-0.2, 0) is 13.6 Å². The lowest BCUT2D eigenvalue weighted by molar-refractivity contribution is 0.144. The zero-order chi connectivity index (χ0) is 17.7. The molecule has 0 aromatic rings. The van der Waals surface area contributed by atoms with Gasteiger partial charge in [-0.15, -0.1) is 0 Å². The molecule has 0 bridgehead atoms. The lowest BCUT2D eigenvalue weighted by Crippen LogP contribution is -2.51. The number of aliphatic hydroxyl groups is 1. The number of aliphatic hydroxyl groups excluding tert-OH is 1. The van der Waals surface area contributed by atoms with Crippen molar-refractivity contribution >= 4 is 15.7 Å². The SMILES string of the molecule is CCOP(=O)(OCC)[13C@@H](O)[C@H](C)[Si](C(C)C)(C(C)C)C(C)C. The second-order valence-electron chi connectivity index (χ2n) is 7.04. The molecular formula is C16H37O4PSi. The quantitative estimate of drug-likeness (QED) is 0.314. The topological polar surface area (TPSA) is 55.8 Å². The molecule has 0 aromatic carbocycles. The standard InChI is InChI=1S/C16H37O4PSi/c1-10-19-21(18,20-11-2)16(17)15(9)22(12(3)4,13(5)6)14(7)8/h12-17H,10-11H2,1-9H3/t15-,16+/m0/s1/i16+1. The first-order valence-electron chi connectivity index (χ1n) is 8.59. The van der Waals surface area contributed by atoms with Crippen molar-refractivity contribution in [2.24, 2.45) is 0 Å². The van der Waals surface area contributed by atoms with Gasteiger partial charge in [-0.2, -0.15) is 0 Å². The lowest BCUT2D eigenvalue weighted by atomic mass is 10.5. The highest BCUT2D eigenvalue weighted by atomic mass is 31.2. The van der Waals surface area contributed by atoms with Crippen molar-refractivity contribution in [3.8, 4) is 0 Å². The Hall–Kier alpha value is 0.327. The molecule has 0 spiro atoms. The van der Waals surface area contributed by atoms with Gasteiger partial charge in [0.25, 0.3) is 0 Å². The van der Waals surface area contributed by atoms with Crippen LogP contribution in [0.5, 0.6) is 0 Å². The van der Waals surface area contributed by atoms with E-state index in [9.17, 15) is 9.67 Å². The summed E-state index contributed by atoms with van der Waals surface area (Å²) in [4.78, 5) is 0. The van der Waals surface area contributed by atoms with E-state index in [0.717, 1.165) is 0 Å². The molecule has 0 aliphatic carbocycles. The Labute approximate surface area is 138 Å². The Balaban J connectivity index is 5.82. The molecule has 0 saturated heterocycles. The summed E-state index contributed by atoms with van der Waals surface area (Å²) in [6.45, 7) is 19.6. The van der Waals surface area contributed by atoms with E-state index >= 15 is 0 Å². The van der Waals surface area contributed by atoms with Gasteiger partial charge in [0.15, 0.2) is 5.85 Å². The highest BCUT2D eigenvalue weighted by Gasteiger charge is 2.53. The third kappa shape index (κ3) is 4.24. The van der Waals surface area contributed by atoms with E-state index in [2.05, 4.69) is 41.5 Å². The highest BCUT2D eigenvalue weighted by molar-refractivity contribution is 7.54. The van der Waals surface area contributed by atoms with Crippen molar-refractivity contribution in [2.75, 3.05) is 13.2 Å². The van der Waals surface area contributed by atoms with E-state index in [-0.39, 0.29) is 18.8 Å². The predicted octanol–water partition coefficient (Wildman–Crippen LogP) is 5.64. The molecule has 134 valence electrons. The van der Waals surface area contributed by atoms with Gasteiger partial charge in [-0.05, 0) is 19.4 Å². The average molecular weight is 354 g/mol. The van der Waals surface area contributed by atoms with Crippen LogP contribution in [0.3, 0.4) is 0 Å². The van der Waals surface area contributed by atoms with Crippen LogP contribution in [0, 0.1) is 0 Å². The van der Waals surface area contributed by atoms with Crippen LogP contribution in [0.25, 0.3) is 0 Å². The predicted molar refractivity (Wildman–Crippen MR) is 97.3 cm³/mol. The van der Waals surface area contributed by atoms with Crippen molar-refractivity contribution in [2.45, 2.75) is 90.3 Å². The van der Waals surface area contributed by atoms with Crippen LogP contribution in [-0.4, -0.2) is 32.2 Å². The molecule has 0 fully saturated rings. The van der Waals surface area contributed by atoms with E-state index in [0.29, 0.717) is 16.6 Å². The van der Waals surface area contributed by atoms with Gasteiger partial charge in [0.1, 0.15) is 0 Å². The second kappa shape index (κ2) is 8.98. The van der Waals surface area contributed by atoms with Crippen LogP contribution in [0.15, 0.2) is 0 Å². The summed E-state index contributed by atoms with van der Waals surface area (Å²) in [7, 11) is -5.44. The maximum Gasteiger partial charge on any atom is 0.358 e. The van der Waals surface area contributed by atoms with E-state index in [1.807, 2.05) is 6.92 Å². The molecule has 0 heterocycles. The van der Waals surface area contributed by atoms with Gasteiger partial charge in [0.2, 0.25) is 0 Å². The van der Waals surface area contributed by atoms with Crippen molar-refractivity contribution in [1.29, 1.82) is 0 Å². The maximum absolute atomic E-state index is 13.0. The lowest BCUT2D eigenvalue weighted by Gasteiger charge is -2.49. The van der Waals surface area contributed by atoms with E-state index in [1.165, 1.54) is 0 Å². The zero-order valence-electron chi connectivity index (χ0n) is 15.9. The Morgan fingerprint density at radius 2 is 1.18 bits per heavy atom. The summed E-state index contributed by atoms with van der Waals surface area (Å²) in [5.74, 6) is -1.05. The molecule has 1 N–H and O–H groups in total. The number of hydrogen-bond donors (Lipinski definition) is 1. The molecule has 0 amide bonds. The van der Waals surface area contributed by atoms with Crippen LogP contribution < -0.4 is 0 Å². The molecule has 22 heavy (non-hydrogen) atoms. The smallest absolute Gasteiger partial charge is 0.358 e. The fourth-order valence-electron chi connectivity index (χ4n) is 4.66. The third-order valence-corrected chi connectivity index (χ3v) is 15.7. The Morgan fingerprint density at radius 3 is 1.41 bits per heavy atom. The monoisotopic (exact) mass is 353 g/mol. The van der Waals surface area contributed by atoms with Gasteiger partial charge in [-0.25, -0.2) is 0 Å². The van der Waals surface area contributed by atoms with Crippen LogP contribution in [0.4, 0.5) is 0 Å². The second-order valence-corrected chi connectivity index (χ2v) is 15.5. The van der Waals surface area contributed by atoms with Gasteiger partial charge in [-0.1, -0.05) is 65.1 Å². The fraction of sp³-hybridized carbons (Fsp3) is 1.00. The van der Waals surface area contributed by atoms with Gasteiger partial charge in [0, 0.05) is 0 Å². The summed E-state index contributed by atoms with van der Waals surface area (Å²) in [5.41, 5.74) is 1.38. The molecule has 0 rings (SSSR count). The minimum atomic E-state index is -3.49. The summed E-state index contributed by atoms with van der Waals surface area (Å²) < 4.78 is 23.8. The van der Waals surface area contributed by atoms with Crippen molar-refractivity contribution in [3.05, 3.63) is 0 Å². The first-order valence-corrected chi connectivity index (χ1v) is 12.5. The Morgan fingerprint density at radius 1 is 0.864 bits per heavy atom. The molecular weight excluding hydrogens is 316 g/mol. The molecule has 0 saturated carbocycles. The molecule has 6 heteroatoms. The Kier molecular flexibility index (Phi) is 9.11. The van der Waals surface area contributed by atoms with Gasteiger partial charge in [0.05, 0.1) is 21.3 Å². The third-order valence-electron chi connectivity index (χ3n) is 5.18. The molecule has 0 unspecified atom stereocenters. The van der Waals surface area contributed by atoms with Crippen molar-refractivity contribution < 1.29 is 18.7 Å². The van der Waals surface area contributed by atoms with Crippen molar-refractivity contribution in [3.63, 3.8) is 0 Å².